The second-order valence-electron chi connectivity index (χ2n) is 10.4. The summed E-state index contributed by atoms with van der Waals surface area (Å²) >= 11 is 0. The molecule has 3 aromatic rings. The molecule has 0 saturated carbocycles. The van der Waals surface area contributed by atoms with Crippen LogP contribution in [0.25, 0.3) is 11.3 Å². The van der Waals surface area contributed by atoms with E-state index in [1.807, 2.05) is 18.3 Å². The van der Waals surface area contributed by atoms with E-state index in [9.17, 15) is 13.2 Å². The molecule has 3 aromatic heterocycles. The van der Waals surface area contributed by atoms with Crippen molar-refractivity contribution >= 4 is 44.4 Å². The predicted octanol–water partition coefficient (Wildman–Crippen LogP) is 3.09. The van der Waals surface area contributed by atoms with Crippen LogP contribution in [0.5, 0.6) is 0 Å². The maximum Gasteiger partial charge on any atom is 0.222 e. The molecular formula is C28H35N7O5S. The summed E-state index contributed by atoms with van der Waals surface area (Å²) in [6.45, 7) is 9.45. The number of aromatic nitrogens is 3. The first kappa shape index (κ1) is 28.7. The Bertz CT molecular complexity index is 1500. The summed E-state index contributed by atoms with van der Waals surface area (Å²) in [5.41, 5.74) is 3.59. The number of nitrogens with zero attached hydrogens (tertiary/aromatic N) is 5. The zero-order valence-corrected chi connectivity index (χ0v) is 24.4. The monoisotopic (exact) mass is 581 g/mol. The van der Waals surface area contributed by atoms with Crippen LogP contribution in [0.3, 0.4) is 0 Å². The van der Waals surface area contributed by atoms with Crippen LogP contribution >= 0.6 is 0 Å². The van der Waals surface area contributed by atoms with Gasteiger partial charge in [0.1, 0.15) is 11.6 Å². The van der Waals surface area contributed by atoms with Gasteiger partial charge in [-0.15, -0.1) is 0 Å². The Hall–Kier alpha value is -3.81. The Kier molecular flexibility index (Phi) is 8.38. The number of hydrogen-bond acceptors (Lipinski definition) is 11. The maximum absolute atomic E-state index is 12.5. The molecular weight excluding hydrogens is 546 g/mol. The Morgan fingerprint density at radius 2 is 1.68 bits per heavy atom. The molecule has 12 nitrogen and oxygen atoms in total. The van der Waals surface area contributed by atoms with Gasteiger partial charge in [-0.3, -0.25) is 9.78 Å². The number of rotatable bonds is 7. The van der Waals surface area contributed by atoms with Crippen molar-refractivity contribution in [1.82, 2.24) is 15.0 Å². The molecule has 5 rings (SSSR count). The van der Waals surface area contributed by atoms with Crippen molar-refractivity contribution in [3.8, 4) is 11.3 Å². The van der Waals surface area contributed by atoms with Crippen molar-refractivity contribution in [2.75, 3.05) is 66.1 Å². The quantitative estimate of drug-likeness (QED) is 0.426. The highest BCUT2D eigenvalue weighted by Crippen LogP contribution is 2.33. The van der Waals surface area contributed by atoms with Crippen molar-refractivity contribution in [2.24, 2.45) is 0 Å². The van der Waals surface area contributed by atoms with Gasteiger partial charge < -0.3 is 29.9 Å². The van der Waals surface area contributed by atoms with E-state index in [1.54, 1.807) is 24.4 Å². The number of sulfone groups is 1. The molecule has 2 fully saturated rings. The van der Waals surface area contributed by atoms with E-state index in [1.165, 1.54) is 6.92 Å². The lowest BCUT2D eigenvalue weighted by molar-refractivity contribution is -0.114. The van der Waals surface area contributed by atoms with Crippen molar-refractivity contribution < 1.29 is 22.7 Å². The molecule has 2 aliphatic rings. The number of nitrogens with one attached hydrogen (secondary N) is 2. The Morgan fingerprint density at radius 3 is 2.32 bits per heavy atom. The Labute approximate surface area is 240 Å². The van der Waals surface area contributed by atoms with Crippen molar-refractivity contribution in [3.05, 3.63) is 42.7 Å². The highest BCUT2D eigenvalue weighted by Gasteiger charge is 2.23. The van der Waals surface area contributed by atoms with Crippen LogP contribution in [0.1, 0.15) is 20.8 Å². The van der Waals surface area contributed by atoms with Gasteiger partial charge in [-0.05, 0) is 32.0 Å². The summed E-state index contributed by atoms with van der Waals surface area (Å²) in [6, 6.07) is 8.99. The van der Waals surface area contributed by atoms with E-state index in [4.69, 9.17) is 14.5 Å². The summed E-state index contributed by atoms with van der Waals surface area (Å²) in [5, 5.41) is 5.93. The first-order valence-corrected chi connectivity index (χ1v) is 15.4. The number of ether oxygens (including phenoxy) is 2. The molecule has 0 spiro atoms. The van der Waals surface area contributed by atoms with E-state index in [2.05, 4.69) is 44.2 Å². The first-order chi connectivity index (χ1) is 19.5. The fourth-order valence-electron chi connectivity index (χ4n) is 5.02. The van der Waals surface area contributed by atoms with Gasteiger partial charge in [-0.1, -0.05) is 0 Å². The lowest BCUT2D eigenvalue weighted by atomic mass is 10.1. The van der Waals surface area contributed by atoms with Crippen LogP contribution in [-0.4, -0.2) is 87.1 Å². The molecule has 0 radical (unpaired) electrons. The Balaban J connectivity index is 1.51. The van der Waals surface area contributed by atoms with Crippen LogP contribution in [0.4, 0.5) is 28.7 Å². The highest BCUT2D eigenvalue weighted by atomic mass is 32.2. The molecule has 218 valence electrons. The number of carbonyl (C=O) groups is 1. The molecule has 2 saturated heterocycles. The second-order valence-corrected chi connectivity index (χ2v) is 12.4. The molecule has 0 bridgehead atoms. The fourth-order valence-corrected chi connectivity index (χ4v) is 5.62. The molecule has 13 heteroatoms. The number of anilines is 5. The van der Waals surface area contributed by atoms with Crippen LogP contribution in [0.15, 0.2) is 47.8 Å². The van der Waals surface area contributed by atoms with E-state index in [-0.39, 0.29) is 23.1 Å². The second kappa shape index (κ2) is 12.0. The molecule has 2 aliphatic heterocycles. The van der Waals surface area contributed by atoms with Gasteiger partial charge in [-0.25, -0.2) is 18.4 Å². The predicted molar refractivity (Wildman–Crippen MR) is 158 cm³/mol. The smallest absolute Gasteiger partial charge is 0.222 e. The van der Waals surface area contributed by atoms with Crippen LogP contribution in [-0.2, 0) is 24.1 Å². The van der Waals surface area contributed by atoms with Gasteiger partial charge >= 0.3 is 0 Å². The van der Waals surface area contributed by atoms with Gasteiger partial charge in [0.2, 0.25) is 5.91 Å². The minimum Gasteiger partial charge on any atom is -0.378 e. The summed E-state index contributed by atoms with van der Waals surface area (Å²) < 4.78 is 36.4. The summed E-state index contributed by atoms with van der Waals surface area (Å²) in [4.78, 5) is 29.6. The lowest BCUT2D eigenvalue weighted by Crippen LogP contribution is -2.45. The maximum atomic E-state index is 12.5. The lowest BCUT2D eigenvalue weighted by Gasteiger charge is -2.36. The molecule has 2 atom stereocenters. The molecule has 41 heavy (non-hydrogen) atoms. The van der Waals surface area contributed by atoms with Gasteiger partial charge in [0, 0.05) is 68.9 Å². The van der Waals surface area contributed by atoms with Crippen molar-refractivity contribution in [3.63, 3.8) is 0 Å². The summed E-state index contributed by atoms with van der Waals surface area (Å²) in [6.07, 6.45) is 4.83. The third-order valence-electron chi connectivity index (χ3n) is 6.82. The molecule has 2 unspecified atom stereocenters. The minimum absolute atomic E-state index is 0.0434. The van der Waals surface area contributed by atoms with E-state index >= 15 is 0 Å². The van der Waals surface area contributed by atoms with Crippen molar-refractivity contribution in [2.45, 2.75) is 38.0 Å². The van der Waals surface area contributed by atoms with Gasteiger partial charge in [0.15, 0.2) is 14.9 Å². The SMILES string of the molecule is CC(=O)Nc1cc(Nc2cc(N3CCOCC3)cc(S(C)(=O)=O)n2)c(-c2ccc(N3CC(C)OC(C)C3)cn2)cn1. The third kappa shape index (κ3) is 7.10. The van der Waals surface area contributed by atoms with Gasteiger partial charge in [-0.2, -0.15) is 0 Å². The summed E-state index contributed by atoms with van der Waals surface area (Å²) in [7, 11) is -3.59. The number of amides is 1. The zero-order chi connectivity index (χ0) is 29.1. The Morgan fingerprint density at radius 1 is 0.951 bits per heavy atom. The van der Waals surface area contributed by atoms with Gasteiger partial charge in [0.05, 0.1) is 48.7 Å². The largest absolute Gasteiger partial charge is 0.378 e. The van der Waals surface area contributed by atoms with E-state index in [0.717, 1.165) is 30.7 Å². The highest BCUT2D eigenvalue weighted by molar-refractivity contribution is 7.90. The van der Waals surface area contributed by atoms with Crippen molar-refractivity contribution in [1.29, 1.82) is 0 Å². The van der Waals surface area contributed by atoms with E-state index < -0.39 is 9.84 Å². The topological polar surface area (TPSA) is 139 Å². The van der Waals surface area contributed by atoms with Crippen LogP contribution < -0.4 is 20.4 Å². The fraction of sp³-hybridized carbons (Fsp3) is 0.429. The zero-order valence-electron chi connectivity index (χ0n) is 23.6. The first-order valence-electron chi connectivity index (χ1n) is 13.5. The standard InChI is InChI=1S/C28H35N7O5S/c1-18-16-35(17-19(2)40-18)21-5-6-24(29-14-21)23-15-30-26(31-20(3)36)13-25(23)32-27-11-22(34-7-9-39-10-8-34)12-28(33-27)41(4,37)38/h5-6,11-15,18-19H,7-10,16-17H2,1-4H3,(H2,30,31,32,33,36). The molecule has 5 heterocycles. The van der Waals surface area contributed by atoms with Crippen LogP contribution in [0.2, 0.25) is 0 Å². The average molecular weight is 582 g/mol. The van der Waals surface area contributed by atoms with Gasteiger partial charge in [0.25, 0.3) is 0 Å². The molecule has 0 aromatic carbocycles. The van der Waals surface area contributed by atoms with Crippen LogP contribution in [0, 0.1) is 0 Å². The third-order valence-corrected chi connectivity index (χ3v) is 7.79. The number of hydrogen-bond donors (Lipinski definition) is 2. The molecule has 0 aliphatic carbocycles. The van der Waals surface area contributed by atoms with E-state index in [0.29, 0.717) is 54.9 Å². The summed E-state index contributed by atoms with van der Waals surface area (Å²) in [5.74, 6) is 0.410. The number of carbonyl (C=O) groups excluding carboxylic acids is 1. The minimum atomic E-state index is -3.59. The normalized spacial score (nSPS) is 19.6. The molecule has 2 N–H and O–H groups in total. The molecule has 1 amide bonds. The number of morpholine rings is 2. The average Bonchev–Trinajstić information content (AvgIpc) is 2.92. The number of pyridine rings is 3.